The van der Waals surface area contributed by atoms with Crippen LogP contribution in [0.3, 0.4) is 0 Å². The number of rotatable bonds is 8. The van der Waals surface area contributed by atoms with Crippen molar-refractivity contribution in [1.82, 2.24) is 5.16 Å². The number of hydrogen-bond donors (Lipinski definition) is 1. The van der Waals surface area contributed by atoms with E-state index in [2.05, 4.69) is 9.88 Å². The van der Waals surface area contributed by atoms with Crippen molar-refractivity contribution in [3.63, 3.8) is 0 Å². The summed E-state index contributed by atoms with van der Waals surface area (Å²) < 4.78 is 55.9. The molecule has 0 saturated heterocycles. The summed E-state index contributed by atoms with van der Waals surface area (Å²) in [5, 5.41) is 4.31. The zero-order valence-electron chi connectivity index (χ0n) is 18.4. The molecule has 1 N–H and O–H groups in total. The molecule has 4 rings (SSSR count). The molecule has 10 heteroatoms. The van der Waals surface area contributed by atoms with E-state index in [0.717, 1.165) is 11.1 Å². The molecule has 0 atom stereocenters. The van der Waals surface area contributed by atoms with Crippen LogP contribution in [0.15, 0.2) is 64.0 Å². The van der Waals surface area contributed by atoms with Crippen molar-refractivity contribution in [2.45, 2.75) is 4.90 Å². The highest BCUT2D eigenvalue weighted by atomic mass is 32.2. The Morgan fingerprint density at radius 2 is 1.39 bits per heavy atom. The quantitative estimate of drug-likeness (QED) is 0.405. The molecule has 0 saturated carbocycles. The molecule has 9 nitrogen and oxygen atoms in total. The Kier molecular flexibility index (Phi) is 6.01. The highest BCUT2D eigenvalue weighted by Gasteiger charge is 2.28. The third kappa shape index (κ3) is 4.00. The number of fused-ring (bicyclic) bond motifs is 1. The van der Waals surface area contributed by atoms with Gasteiger partial charge >= 0.3 is 0 Å². The molecule has 4 aromatic rings. The Bertz CT molecular complexity index is 1390. The fourth-order valence-corrected chi connectivity index (χ4v) is 4.89. The van der Waals surface area contributed by atoms with Gasteiger partial charge in [0.1, 0.15) is 28.4 Å². The molecule has 0 spiro atoms. The van der Waals surface area contributed by atoms with Gasteiger partial charge in [0.05, 0.1) is 28.4 Å². The van der Waals surface area contributed by atoms with Gasteiger partial charge in [-0.25, -0.2) is 8.42 Å². The predicted molar refractivity (Wildman–Crippen MR) is 123 cm³/mol. The van der Waals surface area contributed by atoms with Crippen molar-refractivity contribution in [3.05, 3.63) is 54.6 Å². The number of methoxy groups -OCH3 is 4. The zero-order valence-corrected chi connectivity index (χ0v) is 19.2. The van der Waals surface area contributed by atoms with Crippen LogP contribution in [0.2, 0.25) is 0 Å². The average molecular weight is 471 g/mol. The molecular weight excluding hydrogens is 448 g/mol. The van der Waals surface area contributed by atoms with Crippen molar-refractivity contribution >= 4 is 26.8 Å². The number of nitrogens with one attached hydrogen (secondary N) is 1. The minimum Gasteiger partial charge on any atom is -0.496 e. The molecule has 0 aliphatic carbocycles. The lowest BCUT2D eigenvalue weighted by molar-refractivity contribution is 0.373. The van der Waals surface area contributed by atoms with Gasteiger partial charge in [0, 0.05) is 5.56 Å². The second-order valence-electron chi connectivity index (χ2n) is 6.88. The molecule has 0 bridgehead atoms. The van der Waals surface area contributed by atoms with Crippen LogP contribution in [-0.4, -0.2) is 42.0 Å². The van der Waals surface area contributed by atoms with Crippen molar-refractivity contribution in [3.8, 4) is 34.1 Å². The highest BCUT2D eigenvalue weighted by molar-refractivity contribution is 7.93. The van der Waals surface area contributed by atoms with Gasteiger partial charge in [0.2, 0.25) is 0 Å². The van der Waals surface area contributed by atoms with E-state index in [1.165, 1.54) is 33.5 Å². The Labute approximate surface area is 190 Å². The zero-order chi connectivity index (χ0) is 23.6. The second kappa shape index (κ2) is 8.91. The molecule has 3 aromatic carbocycles. The second-order valence-corrected chi connectivity index (χ2v) is 8.50. The van der Waals surface area contributed by atoms with Crippen LogP contribution in [0.1, 0.15) is 0 Å². The van der Waals surface area contributed by atoms with E-state index in [-0.39, 0.29) is 22.2 Å². The Balaban J connectivity index is 1.83. The summed E-state index contributed by atoms with van der Waals surface area (Å²) in [4.78, 5) is -0.157. The smallest absolute Gasteiger partial charge is 0.270 e. The van der Waals surface area contributed by atoms with E-state index >= 15 is 0 Å². The number of benzene rings is 3. The Morgan fingerprint density at radius 1 is 0.788 bits per heavy atom. The lowest BCUT2D eigenvalue weighted by Gasteiger charge is -2.14. The van der Waals surface area contributed by atoms with Gasteiger partial charge in [0.25, 0.3) is 10.0 Å². The maximum Gasteiger partial charge on any atom is 0.270 e. The molecule has 1 heterocycles. The van der Waals surface area contributed by atoms with Crippen LogP contribution in [0.5, 0.6) is 23.0 Å². The van der Waals surface area contributed by atoms with Crippen LogP contribution >= 0.6 is 0 Å². The number of nitrogens with zero attached hydrogens (tertiary/aromatic N) is 1. The number of anilines is 1. The largest absolute Gasteiger partial charge is 0.496 e. The minimum absolute atomic E-state index is 0.0265. The van der Waals surface area contributed by atoms with Crippen LogP contribution in [-0.2, 0) is 10.0 Å². The summed E-state index contributed by atoms with van der Waals surface area (Å²) in [6.45, 7) is 0. The number of hydrogen-bond acceptors (Lipinski definition) is 8. The van der Waals surface area contributed by atoms with Crippen molar-refractivity contribution < 1.29 is 31.9 Å². The first-order valence-corrected chi connectivity index (χ1v) is 11.3. The fourth-order valence-electron chi connectivity index (χ4n) is 3.57. The van der Waals surface area contributed by atoms with Crippen LogP contribution in [0.4, 0.5) is 5.82 Å². The lowest BCUT2D eigenvalue weighted by atomic mass is 10.0. The topological polar surface area (TPSA) is 109 Å². The average Bonchev–Trinajstić information content (AvgIpc) is 3.24. The highest BCUT2D eigenvalue weighted by Crippen LogP contribution is 2.41. The summed E-state index contributed by atoms with van der Waals surface area (Å²) >= 11 is 0. The van der Waals surface area contributed by atoms with Crippen LogP contribution in [0, 0.1) is 0 Å². The first-order chi connectivity index (χ1) is 15.9. The van der Waals surface area contributed by atoms with Gasteiger partial charge in [-0.05, 0) is 35.9 Å². The van der Waals surface area contributed by atoms with E-state index in [9.17, 15) is 8.42 Å². The third-order valence-electron chi connectivity index (χ3n) is 5.06. The van der Waals surface area contributed by atoms with Gasteiger partial charge in [-0.15, -0.1) is 0 Å². The van der Waals surface area contributed by atoms with Crippen LogP contribution in [0.25, 0.3) is 22.1 Å². The first-order valence-electron chi connectivity index (χ1n) is 9.78. The fraction of sp³-hybridized carbons (Fsp3) is 0.174. The van der Waals surface area contributed by atoms with Crippen molar-refractivity contribution in [2.75, 3.05) is 33.2 Å². The SMILES string of the molecule is COc1ccccc1-c1cc(OC)c2c(NS(=O)(=O)c3c(OC)cccc3OC)noc2c1. The Morgan fingerprint density at radius 3 is 2.03 bits per heavy atom. The van der Waals surface area contributed by atoms with E-state index in [1.54, 1.807) is 25.3 Å². The van der Waals surface area contributed by atoms with E-state index in [0.29, 0.717) is 22.5 Å². The first kappa shape index (κ1) is 22.3. The van der Waals surface area contributed by atoms with Gasteiger partial charge in [-0.1, -0.05) is 29.4 Å². The van der Waals surface area contributed by atoms with Gasteiger partial charge in [0.15, 0.2) is 16.3 Å². The standard InChI is InChI=1S/C23H22N2O7S/c1-28-16-9-6-5-8-15(16)14-12-19(31-4)21-20(13-14)32-24-23(21)25-33(26,27)22-17(29-2)10-7-11-18(22)30-3/h5-13H,1-4H3,(H,24,25). The maximum absolute atomic E-state index is 13.3. The molecule has 0 fully saturated rings. The molecule has 172 valence electrons. The minimum atomic E-state index is -4.16. The maximum atomic E-state index is 13.3. The van der Waals surface area contributed by atoms with Gasteiger partial charge in [-0.2, -0.15) is 0 Å². The summed E-state index contributed by atoms with van der Waals surface area (Å²) in [5.41, 5.74) is 1.91. The normalized spacial score (nSPS) is 11.3. The van der Waals surface area contributed by atoms with E-state index < -0.39 is 10.0 Å². The number of sulfonamides is 1. The lowest BCUT2D eigenvalue weighted by Crippen LogP contribution is -2.15. The summed E-state index contributed by atoms with van der Waals surface area (Å²) in [6, 6.07) is 15.7. The van der Waals surface area contributed by atoms with Gasteiger partial charge in [-0.3, -0.25) is 4.72 Å². The van der Waals surface area contributed by atoms with E-state index in [1.807, 2.05) is 24.3 Å². The molecule has 33 heavy (non-hydrogen) atoms. The molecule has 0 amide bonds. The van der Waals surface area contributed by atoms with E-state index in [4.69, 9.17) is 23.5 Å². The number of aromatic nitrogens is 1. The summed E-state index contributed by atoms with van der Waals surface area (Å²) in [6.07, 6.45) is 0. The third-order valence-corrected chi connectivity index (χ3v) is 6.46. The monoisotopic (exact) mass is 470 g/mol. The molecule has 0 radical (unpaired) electrons. The molecule has 0 aliphatic rings. The number of ether oxygens (including phenoxy) is 4. The summed E-state index contributed by atoms with van der Waals surface area (Å²) in [7, 11) is 1.66. The summed E-state index contributed by atoms with van der Waals surface area (Å²) in [5.74, 6) is 1.27. The van der Waals surface area contributed by atoms with Crippen LogP contribution < -0.4 is 23.7 Å². The van der Waals surface area contributed by atoms with Crippen molar-refractivity contribution in [2.24, 2.45) is 0 Å². The molecule has 0 unspecified atom stereocenters. The molecular formula is C23H22N2O7S. The van der Waals surface area contributed by atoms with Gasteiger partial charge < -0.3 is 23.5 Å². The molecule has 1 aromatic heterocycles. The molecule has 0 aliphatic heterocycles. The number of para-hydroxylation sites is 1. The predicted octanol–water partition coefficient (Wildman–Crippen LogP) is 4.33. The van der Waals surface area contributed by atoms with Crippen molar-refractivity contribution in [1.29, 1.82) is 0 Å². The Hall–Kier alpha value is -3.92.